The van der Waals surface area contributed by atoms with Gasteiger partial charge in [-0.3, -0.25) is 0 Å². The van der Waals surface area contributed by atoms with E-state index in [4.69, 9.17) is 14.2 Å². The molecule has 0 amide bonds. The fourth-order valence-electron chi connectivity index (χ4n) is 1.43. The van der Waals surface area contributed by atoms with Crippen LogP contribution in [0.5, 0.6) is 17.2 Å². The minimum atomic E-state index is 0.615. The Balaban J connectivity index is 3.43. The average Bonchev–Trinajstić information content (AvgIpc) is 2.28. The normalized spacial score (nSPS) is 9.93. The van der Waals surface area contributed by atoms with Gasteiger partial charge < -0.3 is 14.2 Å². The number of benzene rings is 1. The van der Waals surface area contributed by atoms with Crippen molar-refractivity contribution in [3.05, 3.63) is 16.1 Å². The Kier molecular flexibility index (Phi) is 4.27. The Morgan fingerprint density at radius 1 is 1.07 bits per heavy atom. The van der Waals surface area contributed by atoms with Crippen LogP contribution < -0.4 is 14.2 Å². The first-order valence-corrected chi connectivity index (χ1v) is 5.46. The molecule has 0 atom stereocenters. The average molecular weight is 275 g/mol. The van der Waals surface area contributed by atoms with Crippen molar-refractivity contribution in [2.75, 3.05) is 21.3 Å². The van der Waals surface area contributed by atoms with Gasteiger partial charge in [0.1, 0.15) is 0 Å². The lowest BCUT2D eigenvalue weighted by Crippen LogP contribution is -1.98. The van der Waals surface area contributed by atoms with Crippen LogP contribution >= 0.6 is 15.9 Å². The Morgan fingerprint density at radius 2 is 1.67 bits per heavy atom. The van der Waals surface area contributed by atoms with Crippen LogP contribution in [0.25, 0.3) is 0 Å². The van der Waals surface area contributed by atoms with Gasteiger partial charge >= 0.3 is 0 Å². The van der Waals surface area contributed by atoms with E-state index in [-0.39, 0.29) is 0 Å². The number of rotatable bonds is 4. The van der Waals surface area contributed by atoms with Crippen molar-refractivity contribution in [1.29, 1.82) is 0 Å². The van der Waals surface area contributed by atoms with Crippen molar-refractivity contribution >= 4 is 15.9 Å². The van der Waals surface area contributed by atoms with E-state index in [1.165, 1.54) is 0 Å². The van der Waals surface area contributed by atoms with Crippen LogP contribution in [0.15, 0.2) is 10.5 Å². The first-order valence-electron chi connectivity index (χ1n) is 4.66. The largest absolute Gasteiger partial charge is 0.493 e. The Labute approximate surface area is 98.5 Å². The Bertz CT molecular complexity index is 350. The molecule has 0 fully saturated rings. The minimum Gasteiger partial charge on any atom is -0.493 e. The van der Waals surface area contributed by atoms with E-state index in [0.717, 1.165) is 16.5 Å². The van der Waals surface area contributed by atoms with Crippen molar-refractivity contribution in [2.24, 2.45) is 0 Å². The van der Waals surface area contributed by atoms with Gasteiger partial charge in [-0.05, 0) is 34.0 Å². The quantitative estimate of drug-likeness (QED) is 0.845. The molecule has 0 bridgehead atoms. The molecule has 4 heteroatoms. The van der Waals surface area contributed by atoms with Gasteiger partial charge in [0.2, 0.25) is 5.75 Å². The molecule has 3 nitrogen and oxygen atoms in total. The van der Waals surface area contributed by atoms with Crippen LogP contribution in [-0.4, -0.2) is 21.3 Å². The zero-order chi connectivity index (χ0) is 11.4. The van der Waals surface area contributed by atoms with Crippen LogP contribution in [0.3, 0.4) is 0 Å². The number of methoxy groups -OCH3 is 3. The molecule has 0 N–H and O–H groups in total. The van der Waals surface area contributed by atoms with E-state index < -0.39 is 0 Å². The molecule has 0 saturated carbocycles. The molecule has 0 heterocycles. The Morgan fingerprint density at radius 3 is 2.07 bits per heavy atom. The van der Waals surface area contributed by atoms with Gasteiger partial charge in [-0.2, -0.15) is 0 Å². The predicted molar refractivity (Wildman–Crippen MR) is 63.2 cm³/mol. The van der Waals surface area contributed by atoms with E-state index in [1.54, 1.807) is 21.3 Å². The molecule has 0 radical (unpaired) electrons. The summed E-state index contributed by atoms with van der Waals surface area (Å²) in [5.41, 5.74) is 1.13. The molecule has 15 heavy (non-hydrogen) atoms. The lowest BCUT2D eigenvalue weighted by molar-refractivity contribution is 0.322. The topological polar surface area (TPSA) is 27.7 Å². The molecule has 0 spiro atoms. The van der Waals surface area contributed by atoms with E-state index in [2.05, 4.69) is 22.9 Å². The SMILES string of the molecule is CCc1cc(OC)c(OC)c(OC)c1Br. The molecule has 0 aliphatic heterocycles. The van der Waals surface area contributed by atoms with E-state index in [0.29, 0.717) is 17.2 Å². The second-order valence-electron chi connectivity index (χ2n) is 2.97. The lowest BCUT2D eigenvalue weighted by Gasteiger charge is -2.15. The summed E-state index contributed by atoms with van der Waals surface area (Å²) < 4.78 is 16.7. The highest BCUT2D eigenvalue weighted by molar-refractivity contribution is 9.10. The third-order valence-corrected chi connectivity index (χ3v) is 3.10. The van der Waals surface area contributed by atoms with E-state index >= 15 is 0 Å². The second kappa shape index (κ2) is 5.26. The van der Waals surface area contributed by atoms with Gasteiger partial charge in [0.05, 0.1) is 25.8 Å². The maximum Gasteiger partial charge on any atom is 0.204 e. The van der Waals surface area contributed by atoms with Gasteiger partial charge in [-0.1, -0.05) is 6.92 Å². The zero-order valence-corrected chi connectivity index (χ0v) is 11.0. The smallest absolute Gasteiger partial charge is 0.204 e. The first kappa shape index (κ1) is 12.2. The fraction of sp³-hybridized carbons (Fsp3) is 0.455. The van der Waals surface area contributed by atoms with Crippen molar-refractivity contribution in [2.45, 2.75) is 13.3 Å². The summed E-state index contributed by atoms with van der Waals surface area (Å²) in [5, 5.41) is 0. The third kappa shape index (κ3) is 2.20. The fourth-order valence-corrected chi connectivity index (χ4v) is 2.17. The highest BCUT2D eigenvalue weighted by atomic mass is 79.9. The van der Waals surface area contributed by atoms with Gasteiger partial charge in [0.15, 0.2) is 11.5 Å². The van der Waals surface area contributed by atoms with Gasteiger partial charge in [0.25, 0.3) is 0 Å². The van der Waals surface area contributed by atoms with Crippen molar-refractivity contribution in [3.8, 4) is 17.2 Å². The zero-order valence-electron chi connectivity index (χ0n) is 9.39. The van der Waals surface area contributed by atoms with Crippen molar-refractivity contribution in [1.82, 2.24) is 0 Å². The molecule has 0 saturated heterocycles. The van der Waals surface area contributed by atoms with Crippen LogP contribution in [0.2, 0.25) is 0 Å². The number of halogens is 1. The summed E-state index contributed by atoms with van der Waals surface area (Å²) in [7, 11) is 4.82. The minimum absolute atomic E-state index is 0.615. The summed E-state index contributed by atoms with van der Waals surface area (Å²) in [5.74, 6) is 1.98. The van der Waals surface area contributed by atoms with Gasteiger partial charge in [-0.15, -0.1) is 0 Å². The molecule has 1 aromatic carbocycles. The standard InChI is InChI=1S/C11H15BrO3/c1-5-7-6-8(13-2)10(14-3)11(15-4)9(7)12/h6H,5H2,1-4H3. The van der Waals surface area contributed by atoms with Crippen LogP contribution in [-0.2, 0) is 6.42 Å². The number of ether oxygens (including phenoxy) is 3. The van der Waals surface area contributed by atoms with Crippen molar-refractivity contribution < 1.29 is 14.2 Å². The summed E-state index contributed by atoms with van der Waals surface area (Å²) in [6.45, 7) is 2.07. The second-order valence-corrected chi connectivity index (χ2v) is 3.76. The van der Waals surface area contributed by atoms with E-state index in [1.807, 2.05) is 6.07 Å². The van der Waals surface area contributed by atoms with E-state index in [9.17, 15) is 0 Å². The molecular formula is C11H15BrO3. The molecule has 1 aromatic rings. The maximum absolute atomic E-state index is 5.30. The van der Waals surface area contributed by atoms with Crippen molar-refractivity contribution in [3.63, 3.8) is 0 Å². The first-order chi connectivity index (χ1) is 7.19. The monoisotopic (exact) mass is 274 g/mol. The van der Waals surface area contributed by atoms with Crippen LogP contribution in [0.4, 0.5) is 0 Å². The summed E-state index contributed by atoms with van der Waals surface area (Å²) in [6.07, 6.45) is 0.900. The lowest BCUT2D eigenvalue weighted by atomic mass is 10.1. The molecule has 1 rings (SSSR count). The number of hydrogen-bond donors (Lipinski definition) is 0. The molecule has 0 aromatic heterocycles. The number of aryl methyl sites for hydroxylation is 1. The predicted octanol–water partition coefficient (Wildman–Crippen LogP) is 3.04. The van der Waals surface area contributed by atoms with Gasteiger partial charge in [-0.25, -0.2) is 0 Å². The molecule has 84 valence electrons. The Hall–Kier alpha value is -0.900. The molecule has 0 unspecified atom stereocenters. The third-order valence-electron chi connectivity index (χ3n) is 2.23. The summed E-state index contributed by atoms with van der Waals surface area (Å²) in [6, 6.07) is 1.95. The number of hydrogen-bond acceptors (Lipinski definition) is 3. The van der Waals surface area contributed by atoms with Gasteiger partial charge in [0, 0.05) is 0 Å². The molecule has 0 aliphatic rings. The van der Waals surface area contributed by atoms with Crippen LogP contribution in [0.1, 0.15) is 12.5 Å². The molecule has 0 aliphatic carbocycles. The highest BCUT2D eigenvalue weighted by Gasteiger charge is 2.17. The van der Waals surface area contributed by atoms with Crippen LogP contribution in [0, 0.1) is 0 Å². The summed E-state index contributed by atoms with van der Waals surface area (Å²) >= 11 is 3.50. The highest BCUT2D eigenvalue weighted by Crippen LogP contribution is 2.44. The summed E-state index contributed by atoms with van der Waals surface area (Å²) in [4.78, 5) is 0. The maximum atomic E-state index is 5.30. The molecular weight excluding hydrogens is 260 g/mol.